The molecule has 0 aromatic heterocycles. The van der Waals surface area contributed by atoms with E-state index < -0.39 is 0 Å². The van der Waals surface area contributed by atoms with Crippen molar-refractivity contribution in [2.75, 3.05) is 0 Å². The fourth-order valence-electron chi connectivity index (χ4n) is 4.10. The fraction of sp³-hybridized carbons (Fsp3) is 0.867. The van der Waals surface area contributed by atoms with Gasteiger partial charge in [-0.05, 0) is 49.4 Å². The van der Waals surface area contributed by atoms with Gasteiger partial charge in [0.2, 0.25) is 0 Å². The summed E-state index contributed by atoms with van der Waals surface area (Å²) in [5.74, 6) is 1.43. The highest BCUT2D eigenvalue weighted by atomic mass is 16.3. The lowest BCUT2D eigenvalue weighted by Gasteiger charge is -2.52. The van der Waals surface area contributed by atoms with Crippen LogP contribution in [-0.2, 0) is 0 Å². The molecule has 0 bridgehead atoms. The lowest BCUT2D eigenvalue weighted by atomic mass is 9.54. The Balaban J connectivity index is 2.24. The zero-order valence-electron chi connectivity index (χ0n) is 11.0. The van der Waals surface area contributed by atoms with Crippen LogP contribution < -0.4 is 0 Å². The van der Waals surface area contributed by atoms with Gasteiger partial charge in [0.25, 0.3) is 0 Å². The molecule has 4 atom stereocenters. The molecule has 2 rings (SSSR count). The molecule has 2 aliphatic carbocycles. The van der Waals surface area contributed by atoms with Crippen LogP contribution in [0.1, 0.15) is 52.9 Å². The summed E-state index contributed by atoms with van der Waals surface area (Å²) in [6.07, 6.45) is 5.99. The largest absolute Gasteiger partial charge is 0.392 e. The van der Waals surface area contributed by atoms with Gasteiger partial charge < -0.3 is 5.11 Å². The molecular weight excluding hydrogens is 196 g/mol. The number of aliphatic hydroxyl groups is 1. The standard InChI is InChI=1S/C15H26O/c1-10(2)12-7-9-15(4)8-5-6-11(3)13(15)14(12)16/h10,12-14,16H,3,5-9H2,1-2,4H3/t12-,13+,14+,15+/m0/s1. The first-order chi connectivity index (χ1) is 7.46. The number of hydrogen-bond acceptors (Lipinski definition) is 1. The summed E-state index contributed by atoms with van der Waals surface area (Å²) in [6, 6.07) is 0. The van der Waals surface area contributed by atoms with Gasteiger partial charge in [-0.15, -0.1) is 0 Å². The van der Waals surface area contributed by atoms with E-state index in [2.05, 4.69) is 27.4 Å². The Bertz CT molecular complexity index is 281. The summed E-state index contributed by atoms with van der Waals surface area (Å²) < 4.78 is 0. The van der Waals surface area contributed by atoms with Gasteiger partial charge in [0, 0.05) is 5.92 Å². The van der Waals surface area contributed by atoms with Crippen molar-refractivity contribution in [3.8, 4) is 0 Å². The molecule has 0 aliphatic heterocycles. The lowest BCUT2D eigenvalue weighted by Crippen LogP contribution is -2.48. The molecule has 1 nitrogen and oxygen atoms in total. The van der Waals surface area contributed by atoms with E-state index in [0.717, 1.165) is 6.42 Å². The van der Waals surface area contributed by atoms with Crippen molar-refractivity contribution in [1.29, 1.82) is 0 Å². The summed E-state index contributed by atoms with van der Waals surface area (Å²) in [6.45, 7) is 11.1. The minimum absolute atomic E-state index is 0.147. The maximum Gasteiger partial charge on any atom is 0.0641 e. The van der Waals surface area contributed by atoms with Crippen LogP contribution in [0.5, 0.6) is 0 Å². The summed E-state index contributed by atoms with van der Waals surface area (Å²) in [5, 5.41) is 10.6. The maximum absolute atomic E-state index is 10.6. The van der Waals surface area contributed by atoms with E-state index >= 15 is 0 Å². The average Bonchev–Trinajstić information content (AvgIpc) is 2.16. The van der Waals surface area contributed by atoms with Gasteiger partial charge in [-0.2, -0.15) is 0 Å². The normalized spacial score (nSPS) is 44.6. The third-order valence-electron chi connectivity index (χ3n) is 5.12. The first-order valence-electron chi connectivity index (χ1n) is 6.81. The van der Waals surface area contributed by atoms with Gasteiger partial charge in [-0.25, -0.2) is 0 Å². The Morgan fingerprint density at radius 3 is 2.69 bits per heavy atom. The van der Waals surface area contributed by atoms with E-state index in [4.69, 9.17) is 0 Å². The molecule has 2 saturated carbocycles. The second-order valence-electron chi connectivity index (χ2n) is 6.58. The van der Waals surface area contributed by atoms with Crippen molar-refractivity contribution in [3.05, 3.63) is 12.2 Å². The second kappa shape index (κ2) is 4.18. The van der Waals surface area contributed by atoms with E-state index in [0.29, 0.717) is 23.2 Å². The lowest BCUT2D eigenvalue weighted by molar-refractivity contribution is -0.0669. The van der Waals surface area contributed by atoms with E-state index in [1.165, 1.54) is 31.3 Å². The molecule has 0 aromatic rings. The number of hydrogen-bond donors (Lipinski definition) is 1. The number of aliphatic hydroxyl groups excluding tert-OH is 1. The molecule has 2 fully saturated rings. The third kappa shape index (κ3) is 1.84. The van der Waals surface area contributed by atoms with Crippen LogP contribution in [0.2, 0.25) is 0 Å². The van der Waals surface area contributed by atoms with E-state index in [-0.39, 0.29) is 6.10 Å². The maximum atomic E-state index is 10.6. The summed E-state index contributed by atoms with van der Waals surface area (Å²) in [5.41, 5.74) is 1.65. The predicted molar refractivity (Wildman–Crippen MR) is 68.2 cm³/mol. The van der Waals surface area contributed by atoms with Crippen molar-refractivity contribution in [2.24, 2.45) is 23.2 Å². The van der Waals surface area contributed by atoms with E-state index in [1.54, 1.807) is 0 Å². The Morgan fingerprint density at radius 1 is 1.38 bits per heavy atom. The molecule has 0 spiro atoms. The highest BCUT2D eigenvalue weighted by Crippen LogP contribution is 2.54. The molecule has 16 heavy (non-hydrogen) atoms. The Kier molecular flexibility index (Phi) is 3.18. The first-order valence-corrected chi connectivity index (χ1v) is 6.81. The quantitative estimate of drug-likeness (QED) is 0.669. The Hall–Kier alpha value is -0.300. The Morgan fingerprint density at radius 2 is 2.06 bits per heavy atom. The van der Waals surface area contributed by atoms with E-state index in [9.17, 15) is 5.11 Å². The summed E-state index contributed by atoms with van der Waals surface area (Å²) >= 11 is 0. The molecule has 1 heteroatoms. The molecule has 1 N–H and O–H groups in total. The number of fused-ring (bicyclic) bond motifs is 1. The van der Waals surface area contributed by atoms with Gasteiger partial charge in [-0.3, -0.25) is 0 Å². The van der Waals surface area contributed by atoms with Crippen LogP contribution in [0, 0.1) is 23.2 Å². The molecular formula is C15H26O. The Labute approximate surface area is 99.9 Å². The molecule has 0 saturated heterocycles. The minimum atomic E-state index is -0.147. The molecule has 2 aliphatic rings. The van der Waals surface area contributed by atoms with Crippen molar-refractivity contribution in [3.63, 3.8) is 0 Å². The van der Waals surface area contributed by atoms with Gasteiger partial charge in [0.05, 0.1) is 6.10 Å². The van der Waals surface area contributed by atoms with Crippen molar-refractivity contribution >= 4 is 0 Å². The van der Waals surface area contributed by atoms with Crippen LogP contribution in [0.4, 0.5) is 0 Å². The third-order valence-corrected chi connectivity index (χ3v) is 5.12. The molecule has 0 unspecified atom stereocenters. The first kappa shape index (κ1) is 12.2. The number of rotatable bonds is 1. The summed E-state index contributed by atoms with van der Waals surface area (Å²) in [7, 11) is 0. The van der Waals surface area contributed by atoms with Crippen molar-refractivity contribution in [1.82, 2.24) is 0 Å². The van der Waals surface area contributed by atoms with Crippen molar-refractivity contribution in [2.45, 2.75) is 59.0 Å². The van der Waals surface area contributed by atoms with Crippen LogP contribution in [0.15, 0.2) is 12.2 Å². The molecule has 0 aromatic carbocycles. The highest BCUT2D eigenvalue weighted by Gasteiger charge is 2.48. The second-order valence-corrected chi connectivity index (χ2v) is 6.58. The van der Waals surface area contributed by atoms with Crippen LogP contribution in [0.3, 0.4) is 0 Å². The smallest absolute Gasteiger partial charge is 0.0641 e. The predicted octanol–water partition coefficient (Wildman–Crippen LogP) is 3.78. The van der Waals surface area contributed by atoms with Gasteiger partial charge in [0.1, 0.15) is 0 Å². The monoisotopic (exact) mass is 222 g/mol. The SMILES string of the molecule is C=C1CCC[C@]2(C)CC[C@@H](C(C)C)[C@@H](O)[C@@H]12. The molecule has 0 amide bonds. The molecule has 0 radical (unpaired) electrons. The van der Waals surface area contributed by atoms with Crippen LogP contribution >= 0.6 is 0 Å². The molecule has 0 heterocycles. The zero-order valence-corrected chi connectivity index (χ0v) is 11.0. The topological polar surface area (TPSA) is 20.2 Å². The van der Waals surface area contributed by atoms with E-state index in [1.807, 2.05) is 0 Å². The highest BCUT2D eigenvalue weighted by molar-refractivity contribution is 5.15. The zero-order chi connectivity index (χ0) is 11.9. The fourth-order valence-corrected chi connectivity index (χ4v) is 4.10. The van der Waals surface area contributed by atoms with Crippen LogP contribution in [0.25, 0.3) is 0 Å². The molecule has 92 valence electrons. The van der Waals surface area contributed by atoms with Gasteiger partial charge in [-0.1, -0.05) is 32.9 Å². The van der Waals surface area contributed by atoms with Gasteiger partial charge in [0.15, 0.2) is 0 Å². The van der Waals surface area contributed by atoms with Crippen LogP contribution in [-0.4, -0.2) is 11.2 Å². The minimum Gasteiger partial charge on any atom is -0.392 e. The average molecular weight is 222 g/mol. The van der Waals surface area contributed by atoms with Gasteiger partial charge >= 0.3 is 0 Å². The summed E-state index contributed by atoms with van der Waals surface area (Å²) in [4.78, 5) is 0. The van der Waals surface area contributed by atoms with Crippen molar-refractivity contribution < 1.29 is 5.11 Å².